The summed E-state index contributed by atoms with van der Waals surface area (Å²) >= 11 is 0. The van der Waals surface area contributed by atoms with Gasteiger partial charge in [-0.05, 0) is 58.5 Å². The Balaban J connectivity index is 2.05. The predicted molar refractivity (Wildman–Crippen MR) is 101 cm³/mol. The fourth-order valence-corrected chi connectivity index (χ4v) is 2.87. The first-order chi connectivity index (χ1) is 12.0. The summed E-state index contributed by atoms with van der Waals surface area (Å²) < 4.78 is 0. The molecule has 0 fully saturated rings. The number of anilines is 1. The Morgan fingerprint density at radius 3 is 2.28 bits per heavy atom. The van der Waals surface area contributed by atoms with Gasteiger partial charge in [0.25, 0.3) is 0 Å². The second-order valence-electron chi connectivity index (χ2n) is 6.01. The monoisotopic (exact) mass is 332 g/mol. The number of phenols is 1. The lowest BCUT2D eigenvalue weighted by Gasteiger charge is -2.13. The standard InChI is InChI=1S/C21H20N2O2/c22-18-8-4-14(5-9-18)15-6-10-20(16-2-1-3-19(24)13-16)17(12-15)7-11-21(23)25/h1-6,8-10,12-13,24H,7,11,22H2,(H2,23,25). The van der Waals surface area contributed by atoms with Crippen molar-refractivity contribution in [1.82, 2.24) is 0 Å². The Hall–Kier alpha value is -3.27. The summed E-state index contributed by atoms with van der Waals surface area (Å²) in [6.07, 6.45) is 0.820. The minimum Gasteiger partial charge on any atom is -0.508 e. The van der Waals surface area contributed by atoms with E-state index in [0.29, 0.717) is 12.1 Å². The molecule has 0 aliphatic rings. The third-order valence-electron chi connectivity index (χ3n) is 4.15. The molecule has 0 aromatic heterocycles. The number of aromatic hydroxyl groups is 1. The number of carbonyl (C=O) groups is 1. The van der Waals surface area contributed by atoms with Crippen molar-refractivity contribution in [2.24, 2.45) is 5.73 Å². The normalized spacial score (nSPS) is 10.6. The van der Waals surface area contributed by atoms with Crippen molar-refractivity contribution in [1.29, 1.82) is 0 Å². The molecule has 4 nitrogen and oxygen atoms in total. The van der Waals surface area contributed by atoms with Gasteiger partial charge in [0, 0.05) is 12.1 Å². The lowest BCUT2D eigenvalue weighted by Crippen LogP contribution is -2.11. The first kappa shape index (κ1) is 16.6. The van der Waals surface area contributed by atoms with E-state index in [-0.39, 0.29) is 18.1 Å². The van der Waals surface area contributed by atoms with Crippen molar-refractivity contribution in [2.45, 2.75) is 12.8 Å². The van der Waals surface area contributed by atoms with Crippen LogP contribution in [-0.4, -0.2) is 11.0 Å². The number of primary amides is 1. The van der Waals surface area contributed by atoms with Gasteiger partial charge >= 0.3 is 0 Å². The summed E-state index contributed by atoms with van der Waals surface area (Å²) in [5.41, 5.74) is 16.8. The van der Waals surface area contributed by atoms with E-state index < -0.39 is 0 Å². The maximum absolute atomic E-state index is 11.2. The molecule has 0 atom stereocenters. The van der Waals surface area contributed by atoms with Crippen molar-refractivity contribution < 1.29 is 9.90 Å². The molecule has 4 heteroatoms. The molecule has 25 heavy (non-hydrogen) atoms. The Bertz CT molecular complexity index is 902. The van der Waals surface area contributed by atoms with Gasteiger partial charge in [0.05, 0.1) is 0 Å². The maximum Gasteiger partial charge on any atom is 0.217 e. The molecule has 5 N–H and O–H groups in total. The van der Waals surface area contributed by atoms with Crippen LogP contribution in [-0.2, 0) is 11.2 Å². The zero-order chi connectivity index (χ0) is 17.8. The second kappa shape index (κ2) is 7.09. The maximum atomic E-state index is 11.2. The van der Waals surface area contributed by atoms with Crippen LogP contribution in [0.1, 0.15) is 12.0 Å². The van der Waals surface area contributed by atoms with Crippen LogP contribution in [0.4, 0.5) is 5.69 Å². The van der Waals surface area contributed by atoms with Gasteiger partial charge < -0.3 is 16.6 Å². The highest BCUT2D eigenvalue weighted by molar-refractivity contribution is 5.77. The largest absolute Gasteiger partial charge is 0.508 e. The molecule has 126 valence electrons. The third-order valence-corrected chi connectivity index (χ3v) is 4.15. The van der Waals surface area contributed by atoms with Gasteiger partial charge in [0.1, 0.15) is 5.75 Å². The fourth-order valence-electron chi connectivity index (χ4n) is 2.87. The first-order valence-corrected chi connectivity index (χ1v) is 8.09. The van der Waals surface area contributed by atoms with Crippen LogP contribution in [0.2, 0.25) is 0 Å². The molecule has 0 spiro atoms. The zero-order valence-corrected chi connectivity index (χ0v) is 13.8. The second-order valence-corrected chi connectivity index (χ2v) is 6.01. The molecule has 0 radical (unpaired) electrons. The van der Waals surface area contributed by atoms with E-state index >= 15 is 0 Å². The van der Waals surface area contributed by atoms with Crippen LogP contribution in [0.5, 0.6) is 5.75 Å². The van der Waals surface area contributed by atoms with Crippen LogP contribution in [0.15, 0.2) is 66.7 Å². The van der Waals surface area contributed by atoms with Gasteiger partial charge in [-0.25, -0.2) is 0 Å². The Morgan fingerprint density at radius 2 is 1.60 bits per heavy atom. The number of carbonyl (C=O) groups excluding carboxylic acids is 1. The molecule has 0 saturated carbocycles. The van der Waals surface area contributed by atoms with Crippen molar-refractivity contribution in [3.05, 3.63) is 72.3 Å². The molecule has 1 amide bonds. The lowest BCUT2D eigenvalue weighted by molar-refractivity contribution is -0.117. The fraction of sp³-hybridized carbons (Fsp3) is 0.0952. The van der Waals surface area contributed by atoms with Crippen LogP contribution < -0.4 is 11.5 Å². The van der Waals surface area contributed by atoms with Crippen LogP contribution in [0.3, 0.4) is 0 Å². The number of benzene rings is 3. The highest BCUT2D eigenvalue weighted by Crippen LogP contribution is 2.31. The topological polar surface area (TPSA) is 89.3 Å². The smallest absolute Gasteiger partial charge is 0.217 e. The Kier molecular flexibility index (Phi) is 4.70. The van der Waals surface area contributed by atoms with E-state index in [4.69, 9.17) is 11.5 Å². The molecule has 0 saturated heterocycles. The Labute approximate surface area is 146 Å². The molecule has 3 aromatic rings. The van der Waals surface area contributed by atoms with E-state index in [1.165, 1.54) is 0 Å². The predicted octanol–water partition coefficient (Wildman–Crippen LogP) is 3.73. The molecule has 3 rings (SSSR count). The van der Waals surface area contributed by atoms with E-state index in [9.17, 15) is 9.90 Å². The van der Waals surface area contributed by atoms with Gasteiger partial charge in [0.15, 0.2) is 0 Å². The summed E-state index contributed by atoms with van der Waals surface area (Å²) in [5.74, 6) is -0.124. The minimum atomic E-state index is -0.334. The third kappa shape index (κ3) is 3.98. The molecule has 3 aromatic carbocycles. The number of rotatable bonds is 5. The van der Waals surface area contributed by atoms with Gasteiger partial charge in [0.2, 0.25) is 5.91 Å². The average molecular weight is 332 g/mol. The summed E-state index contributed by atoms with van der Waals surface area (Å²) in [7, 11) is 0. The SMILES string of the molecule is NC(=O)CCc1cc(-c2ccc(N)cc2)ccc1-c1cccc(O)c1. The van der Waals surface area contributed by atoms with E-state index in [2.05, 4.69) is 6.07 Å². The number of amides is 1. The summed E-state index contributed by atoms with van der Waals surface area (Å²) in [6, 6.07) is 20.9. The summed E-state index contributed by atoms with van der Waals surface area (Å²) in [6.45, 7) is 0. The van der Waals surface area contributed by atoms with Crippen LogP contribution >= 0.6 is 0 Å². The average Bonchev–Trinajstić information content (AvgIpc) is 2.60. The van der Waals surface area contributed by atoms with Gasteiger partial charge in [-0.3, -0.25) is 4.79 Å². The van der Waals surface area contributed by atoms with Crippen molar-refractivity contribution in [3.63, 3.8) is 0 Å². The molecule has 0 unspecified atom stereocenters. The summed E-state index contributed by atoms with van der Waals surface area (Å²) in [5, 5.41) is 9.76. The number of hydrogen-bond donors (Lipinski definition) is 3. The molecular formula is C21H20N2O2. The molecule has 0 aliphatic carbocycles. The lowest BCUT2D eigenvalue weighted by atomic mass is 9.92. The van der Waals surface area contributed by atoms with E-state index in [0.717, 1.165) is 27.8 Å². The quantitative estimate of drug-likeness (QED) is 0.622. The van der Waals surface area contributed by atoms with Crippen LogP contribution in [0, 0.1) is 0 Å². The van der Waals surface area contributed by atoms with Gasteiger partial charge in [-0.1, -0.05) is 42.5 Å². The highest BCUT2D eigenvalue weighted by Gasteiger charge is 2.10. The van der Waals surface area contributed by atoms with Crippen molar-refractivity contribution >= 4 is 11.6 Å². The minimum absolute atomic E-state index is 0.209. The molecule has 0 heterocycles. The van der Waals surface area contributed by atoms with Gasteiger partial charge in [-0.15, -0.1) is 0 Å². The first-order valence-electron chi connectivity index (χ1n) is 8.09. The van der Waals surface area contributed by atoms with E-state index in [1.807, 2.05) is 42.5 Å². The zero-order valence-electron chi connectivity index (χ0n) is 13.8. The number of nitrogen functional groups attached to an aromatic ring is 1. The van der Waals surface area contributed by atoms with Crippen LogP contribution in [0.25, 0.3) is 22.3 Å². The van der Waals surface area contributed by atoms with Crippen molar-refractivity contribution in [3.8, 4) is 28.0 Å². The van der Waals surface area contributed by atoms with Crippen molar-refractivity contribution in [2.75, 3.05) is 5.73 Å². The number of aryl methyl sites for hydroxylation is 1. The molecular weight excluding hydrogens is 312 g/mol. The number of hydrogen-bond acceptors (Lipinski definition) is 3. The van der Waals surface area contributed by atoms with E-state index in [1.54, 1.807) is 18.2 Å². The highest BCUT2D eigenvalue weighted by atomic mass is 16.3. The summed E-state index contributed by atoms with van der Waals surface area (Å²) in [4.78, 5) is 11.2. The number of phenolic OH excluding ortho intramolecular Hbond substituents is 1. The molecule has 0 bridgehead atoms. The van der Waals surface area contributed by atoms with Gasteiger partial charge in [-0.2, -0.15) is 0 Å². The molecule has 0 aliphatic heterocycles. The number of nitrogens with two attached hydrogens (primary N) is 2. The Morgan fingerprint density at radius 1 is 0.880 bits per heavy atom.